The van der Waals surface area contributed by atoms with Gasteiger partial charge in [-0.05, 0) is 36.2 Å². The molecule has 0 saturated heterocycles. The molecule has 0 aromatic heterocycles. The van der Waals surface area contributed by atoms with Gasteiger partial charge in [-0.25, -0.2) is 4.79 Å². The summed E-state index contributed by atoms with van der Waals surface area (Å²) >= 11 is 0. The van der Waals surface area contributed by atoms with Crippen LogP contribution in [-0.4, -0.2) is 12.6 Å². The summed E-state index contributed by atoms with van der Waals surface area (Å²) in [6.07, 6.45) is 0. The average molecular weight is 282 g/mol. The Morgan fingerprint density at radius 1 is 1.19 bits per heavy atom. The largest absolute Gasteiger partial charge is 0.462 e. The van der Waals surface area contributed by atoms with Crippen molar-refractivity contribution in [3.8, 4) is 0 Å². The van der Waals surface area contributed by atoms with E-state index in [1.54, 1.807) is 13.0 Å². The number of nitrogens with zero attached hydrogens (tertiary/aromatic N) is 1. The third-order valence-electron chi connectivity index (χ3n) is 3.70. The van der Waals surface area contributed by atoms with Crippen LogP contribution < -0.4 is 10.6 Å². The lowest BCUT2D eigenvalue weighted by Gasteiger charge is -2.21. The van der Waals surface area contributed by atoms with E-state index in [4.69, 9.17) is 10.5 Å². The Morgan fingerprint density at radius 3 is 2.48 bits per heavy atom. The van der Waals surface area contributed by atoms with Crippen LogP contribution in [0, 0.1) is 0 Å². The van der Waals surface area contributed by atoms with Gasteiger partial charge in [0, 0.05) is 18.8 Å². The van der Waals surface area contributed by atoms with Gasteiger partial charge in [0.15, 0.2) is 0 Å². The quantitative estimate of drug-likeness (QED) is 0.694. The van der Waals surface area contributed by atoms with Crippen LogP contribution in [-0.2, 0) is 17.8 Å². The molecule has 0 fully saturated rings. The van der Waals surface area contributed by atoms with Crippen LogP contribution >= 0.6 is 0 Å². The zero-order chi connectivity index (χ0) is 14.8. The fraction of sp³-hybridized carbons (Fsp3) is 0.235. The summed E-state index contributed by atoms with van der Waals surface area (Å²) in [5.74, 6) is -0.323. The molecule has 0 unspecified atom stereocenters. The fourth-order valence-corrected chi connectivity index (χ4v) is 2.71. The Morgan fingerprint density at radius 2 is 1.86 bits per heavy atom. The number of esters is 1. The number of carbonyl (C=O) groups is 1. The van der Waals surface area contributed by atoms with Crippen molar-refractivity contribution in [3.63, 3.8) is 0 Å². The molecule has 1 heterocycles. The first-order valence-corrected chi connectivity index (χ1v) is 7.07. The Bertz CT molecular complexity index is 657. The molecule has 2 aromatic carbocycles. The molecule has 4 heteroatoms. The van der Waals surface area contributed by atoms with Crippen LogP contribution in [0.4, 0.5) is 11.4 Å². The van der Waals surface area contributed by atoms with E-state index in [9.17, 15) is 4.79 Å². The number of hydrogen-bond acceptors (Lipinski definition) is 4. The number of ether oxygens (including phenoxy) is 1. The number of anilines is 2. The van der Waals surface area contributed by atoms with Crippen molar-refractivity contribution in [1.29, 1.82) is 0 Å². The molecular weight excluding hydrogens is 264 g/mol. The normalized spacial score (nSPS) is 13.1. The summed E-state index contributed by atoms with van der Waals surface area (Å²) in [5, 5.41) is 0. The van der Waals surface area contributed by atoms with Crippen molar-refractivity contribution in [2.24, 2.45) is 0 Å². The van der Waals surface area contributed by atoms with Crippen LogP contribution in [0.25, 0.3) is 0 Å². The summed E-state index contributed by atoms with van der Waals surface area (Å²) in [7, 11) is 0. The van der Waals surface area contributed by atoms with Gasteiger partial charge in [-0.15, -0.1) is 0 Å². The van der Waals surface area contributed by atoms with Crippen LogP contribution in [0.1, 0.15) is 28.4 Å². The van der Waals surface area contributed by atoms with E-state index in [-0.39, 0.29) is 5.97 Å². The highest BCUT2D eigenvalue weighted by Gasteiger charge is 2.23. The second-order valence-corrected chi connectivity index (χ2v) is 5.12. The molecule has 2 N–H and O–H groups in total. The lowest BCUT2D eigenvalue weighted by atomic mass is 10.1. The van der Waals surface area contributed by atoms with E-state index in [2.05, 4.69) is 17.0 Å². The zero-order valence-corrected chi connectivity index (χ0v) is 12.0. The van der Waals surface area contributed by atoms with Crippen LogP contribution in [0.2, 0.25) is 0 Å². The molecule has 0 spiro atoms. The van der Waals surface area contributed by atoms with Gasteiger partial charge in [0.05, 0.1) is 17.9 Å². The van der Waals surface area contributed by atoms with Crippen molar-refractivity contribution >= 4 is 17.3 Å². The average Bonchev–Trinajstić information content (AvgIpc) is 2.91. The highest BCUT2D eigenvalue weighted by Crippen LogP contribution is 2.32. The van der Waals surface area contributed by atoms with Gasteiger partial charge < -0.3 is 15.4 Å². The van der Waals surface area contributed by atoms with Crippen molar-refractivity contribution in [1.82, 2.24) is 0 Å². The minimum Gasteiger partial charge on any atom is -0.462 e. The van der Waals surface area contributed by atoms with Gasteiger partial charge in [0.1, 0.15) is 0 Å². The second-order valence-electron chi connectivity index (χ2n) is 5.12. The first kappa shape index (κ1) is 13.5. The Labute approximate surface area is 124 Å². The number of nitrogen functional groups attached to an aromatic ring is 1. The van der Waals surface area contributed by atoms with Crippen molar-refractivity contribution < 1.29 is 9.53 Å². The number of benzene rings is 2. The summed E-state index contributed by atoms with van der Waals surface area (Å²) in [6, 6.07) is 13.7. The van der Waals surface area contributed by atoms with Gasteiger partial charge >= 0.3 is 5.97 Å². The minimum atomic E-state index is -0.323. The van der Waals surface area contributed by atoms with Gasteiger partial charge in [-0.1, -0.05) is 24.3 Å². The van der Waals surface area contributed by atoms with Gasteiger partial charge in [0.25, 0.3) is 0 Å². The maximum atomic E-state index is 12.1. The van der Waals surface area contributed by atoms with E-state index in [1.807, 2.05) is 24.3 Å². The zero-order valence-electron chi connectivity index (χ0n) is 12.0. The minimum absolute atomic E-state index is 0.323. The number of rotatable bonds is 3. The Balaban J connectivity index is 1.95. The van der Waals surface area contributed by atoms with Gasteiger partial charge in [0.2, 0.25) is 0 Å². The van der Waals surface area contributed by atoms with E-state index in [0.29, 0.717) is 17.9 Å². The first-order valence-electron chi connectivity index (χ1n) is 7.07. The molecule has 108 valence electrons. The smallest absolute Gasteiger partial charge is 0.340 e. The predicted molar refractivity (Wildman–Crippen MR) is 83.1 cm³/mol. The fourth-order valence-electron chi connectivity index (χ4n) is 2.71. The summed E-state index contributed by atoms with van der Waals surface area (Å²) in [4.78, 5) is 14.3. The molecule has 0 amide bonds. The predicted octanol–water partition coefficient (Wildman–Crippen LogP) is 2.97. The lowest BCUT2D eigenvalue weighted by Crippen LogP contribution is -2.19. The first-order chi connectivity index (χ1) is 10.2. The highest BCUT2D eigenvalue weighted by molar-refractivity contribution is 5.97. The Kier molecular flexibility index (Phi) is 3.52. The second kappa shape index (κ2) is 5.48. The van der Waals surface area contributed by atoms with E-state index < -0.39 is 0 Å². The SMILES string of the molecule is CCOC(=O)c1cc(N)ccc1N1Cc2ccccc2C1. The van der Waals surface area contributed by atoms with E-state index in [1.165, 1.54) is 11.1 Å². The maximum absolute atomic E-state index is 12.1. The Hall–Kier alpha value is -2.49. The molecule has 0 radical (unpaired) electrons. The number of carbonyl (C=O) groups excluding carboxylic acids is 1. The summed E-state index contributed by atoms with van der Waals surface area (Å²) < 4.78 is 5.14. The third kappa shape index (κ3) is 2.57. The molecule has 4 nitrogen and oxygen atoms in total. The van der Waals surface area contributed by atoms with E-state index in [0.717, 1.165) is 18.8 Å². The lowest BCUT2D eigenvalue weighted by molar-refractivity contribution is 0.0527. The van der Waals surface area contributed by atoms with Crippen molar-refractivity contribution in [2.45, 2.75) is 20.0 Å². The molecule has 3 rings (SSSR count). The standard InChI is InChI=1S/C17H18N2O2/c1-2-21-17(20)15-9-14(18)7-8-16(15)19-10-12-5-3-4-6-13(12)11-19/h3-9H,2,10-11,18H2,1H3. The molecule has 0 bridgehead atoms. The van der Waals surface area contributed by atoms with Crippen LogP contribution in [0.5, 0.6) is 0 Å². The third-order valence-corrected chi connectivity index (χ3v) is 3.70. The van der Waals surface area contributed by atoms with Crippen LogP contribution in [0.15, 0.2) is 42.5 Å². The van der Waals surface area contributed by atoms with Gasteiger partial charge in [-0.3, -0.25) is 0 Å². The number of hydrogen-bond donors (Lipinski definition) is 1. The molecular formula is C17H18N2O2. The molecule has 2 aromatic rings. The van der Waals surface area contributed by atoms with E-state index >= 15 is 0 Å². The highest BCUT2D eigenvalue weighted by atomic mass is 16.5. The molecule has 1 aliphatic rings. The molecule has 0 saturated carbocycles. The molecule has 21 heavy (non-hydrogen) atoms. The van der Waals surface area contributed by atoms with Crippen molar-refractivity contribution in [3.05, 3.63) is 59.2 Å². The molecule has 0 aliphatic carbocycles. The van der Waals surface area contributed by atoms with Gasteiger partial charge in [-0.2, -0.15) is 0 Å². The maximum Gasteiger partial charge on any atom is 0.340 e. The summed E-state index contributed by atoms with van der Waals surface area (Å²) in [5.41, 5.74) is 10.4. The van der Waals surface area contributed by atoms with Crippen molar-refractivity contribution in [2.75, 3.05) is 17.2 Å². The molecule has 1 aliphatic heterocycles. The molecule has 0 atom stereocenters. The summed E-state index contributed by atoms with van der Waals surface area (Å²) in [6.45, 7) is 3.75. The van der Waals surface area contributed by atoms with Crippen LogP contribution in [0.3, 0.4) is 0 Å². The number of nitrogens with two attached hydrogens (primary N) is 1. The number of fused-ring (bicyclic) bond motifs is 1. The monoisotopic (exact) mass is 282 g/mol. The topological polar surface area (TPSA) is 55.6 Å².